The third-order valence-electron chi connectivity index (χ3n) is 9.23. The fourth-order valence-electron chi connectivity index (χ4n) is 7.23. The van der Waals surface area contributed by atoms with E-state index in [9.17, 15) is 0 Å². The van der Waals surface area contributed by atoms with Crippen LogP contribution in [-0.2, 0) is 0 Å². The maximum atomic E-state index is 5.07. The molecule has 0 amide bonds. The summed E-state index contributed by atoms with van der Waals surface area (Å²) < 4.78 is 4.69. The van der Waals surface area contributed by atoms with Crippen molar-refractivity contribution >= 4 is 59.9 Å². The average molecular weight is 560 g/mol. The molecule has 0 aliphatic heterocycles. The molecule has 0 radical (unpaired) electrons. The molecular formula is C41H25N3. The minimum Gasteiger partial charge on any atom is -0.308 e. The number of nitrogens with zero attached hydrogens (tertiary/aromatic N) is 3. The summed E-state index contributed by atoms with van der Waals surface area (Å²) >= 11 is 0. The second kappa shape index (κ2) is 8.79. The van der Waals surface area contributed by atoms with Crippen molar-refractivity contribution in [1.82, 2.24) is 14.0 Å². The maximum absolute atomic E-state index is 5.07. The molecular weight excluding hydrogens is 534 g/mol. The monoisotopic (exact) mass is 559 g/mol. The second-order valence-corrected chi connectivity index (χ2v) is 11.7. The van der Waals surface area contributed by atoms with Crippen molar-refractivity contribution in [2.75, 3.05) is 0 Å². The lowest BCUT2D eigenvalue weighted by Crippen LogP contribution is -1.97. The van der Waals surface area contributed by atoms with E-state index in [1.807, 2.05) is 0 Å². The third kappa shape index (κ3) is 3.24. The molecule has 0 bridgehead atoms. The molecule has 0 N–H and O–H groups in total. The number of fused-ring (bicyclic) bond motifs is 8. The van der Waals surface area contributed by atoms with Crippen LogP contribution in [0.2, 0.25) is 0 Å². The van der Waals surface area contributed by atoms with Crippen molar-refractivity contribution in [2.45, 2.75) is 0 Å². The van der Waals surface area contributed by atoms with Gasteiger partial charge in [0.2, 0.25) is 0 Å². The third-order valence-corrected chi connectivity index (χ3v) is 9.23. The van der Waals surface area contributed by atoms with Crippen LogP contribution in [0.15, 0.2) is 152 Å². The van der Waals surface area contributed by atoms with Crippen molar-refractivity contribution in [3.05, 3.63) is 152 Å². The molecule has 44 heavy (non-hydrogen) atoms. The van der Waals surface area contributed by atoms with Crippen molar-refractivity contribution in [3.8, 4) is 28.2 Å². The van der Waals surface area contributed by atoms with Crippen LogP contribution in [0.3, 0.4) is 0 Å². The van der Waals surface area contributed by atoms with Crippen LogP contribution < -0.4 is 0 Å². The SMILES string of the molecule is c1ccc(-n2c(-c3ccc4cc(-c5ccc6c(c5)c5cccc7c8ccccc8n6c75)ccc4c3)nc3ccccc32)cc1. The molecule has 0 aliphatic carbocycles. The minimum absolute atomic E-state index is 0.951. The highest BCUT2D eigenvalue weighted by Crippen LogP contribution is 2.40. The van der Waals surface area contributed by atoms with Gasteiger partial charge in [-0.25, -0.2) is 4.98 Å². The first-order valence-electron chi connectivity index (χ1n) is 15.1. The van der Waals surface area contributed by atoms with Crippen molar-refractivity contribution in [3.63, 3.8) is 0 Å². The molecule has 0 unspecified atom stereocenters. The highest BCUT2D eigenvalue weighted by atomic mass is 15.1. The van der Waals surface area contributed by atoms with Gasteiger partial charge < -0.3 is 4.40 Å². The Morgan fingerprint density at radius 1 is 0.409 bits per heavy atom. The molecule has 0 fully saturated rings. The Morgan fingerprint density at radius 3 is 1.89 bits per heavy atom. The van der Waals surface area contributed by atoms with Gasteiger partial charge in [-0.3, -0.25) is 4.57 Å². The zero-order valence-electron chi connectivity index (χ0n) is 23.8. The molecule has 10 rings (SSSR count). The zero-order valence-corrected chi connectivity index (χ0v) is 23.8. The first-order chi connectivity index (χ1) is 21.8. The van der Waals surface area contributed by atoms with Gasteiger partial charge in [-0.15, -0.1) is 0 Å². The van der Waals surface area contributed by atoms with E-state index >= 15 is 0 Å². The van der Waals surface area contributed by atoms with Crippen LogP contribution >= 0.6 is 0 Å². The van der Waals surface area contributed by atoms with Crippen LogP contribution in [0.5, 0.6) is 0 Å². The first-order valence-corrected chi connectivity index (χ1v) is 15.1. The minimum atomic E-state index is 0.951. The molecule has 3 heteroatoms. The van der Waals surface area contributed by atoms with Gasteiger partial charge in [0.05, 0.1) is 27.6 Å². The van der Waals surface area contributed by atoms with E-state index in [-0.39, 0.29) is 0 Å². The molecule has 3 nitrogen and oxygen atoms in total. The van der Waals surface area contributed by atoms with Gasteiger partial charge >= 0.3 is 0 Å². The molecule has 3 aromatic heterocycles. The Labute approximate surface area is 253 Å². The average Bonchev–Trinajstić information content (AvgIpc) is 3.75. The van der Waals surface area contributed by atoms with Crippen molar-refractivity contribution in [2.24, 2.45) is 0 Å². The molecule has 204 valence electrons. The summed E-state index contributed by atoms with van der Waals surface area (Å²) in [7, 11) is 0. The van der Waals surface area contributed by atoms with Crippen LogP contribution in [0.4, 0.5) is 0 Å². The van der Waals surface area contributed by atoms with Crippen molar-refractivity contribution in [1.29, 1.82) is 0 Å². The Balaban J connectivity index is 1.11. The molecule has 0 saturated carbocycles. The van der Waals surface area contributed by atoms with Gasteiger partial charge in [-0.05, 0) is 76.5 Å². The van der Waals surface area contributed by atoms with E-state index in [0.29, 0.717) is 0 Å². The van der Waals surface area contributed by atoms with E-state index in [2.05, 4.69) is 161 Å². The Bertz CT molecular complexity index is 2710. The molecule has 3 heterocycles. The number of para-hydroxylation sites is 5. The predicted octanol–water partition coefficient (Wildman–Crippen LogP) is 10.7. The summed E-state index contributed by atoms with van der Waals surface area (Å²) in [5.41, 5.74) is 10.6. The molecule has 0 aliphatic rings. The summed E-state index contributed by atoms with van der Waals surface area (Å²) in [5.74, 6) is 0.951. The Morgan fingerprint density at radius 2 is 1.02 bits per heavy atom. The highest BCUT2D eigenvalue weighted by molar-refractivity contribution is 6.23. The molecule has 0 spiro atoms. The Kier molecular flexibility index (Phi) is 4.72. The van der Waals surface area contributed by atoms with Crippen LogP contribution in [0, 0.1) is 0 Å². The fraction of sp³-hybridized carbons (Fsp3) is 0. The number of aromatic nitrogens is 3. The number of hydrogen-bond acceptors (Lipinski definition) is 1. The summed E-state index contributed by atoms with van der Waals surface area (Å²) in [6.07, 6.45) is 0. The standard InChI is InChI=1S/C41H25N3/c1-2-9-31(10-3-1)43-39-16-7-5-14-36(39)42-41(43)30-20-19-26-23-27(17-18-28(26)24-30)29-21-22-38-35(25-29)34-13-8-12-33-32-11-4-6-15-37(32)44(38)40(33)34/h1-25H. The quantitative estimate of drug-likeness (QED) is 0.211. The second-order valence-electron chi connectivity index (χ2n) is 11.7. The van der Waals surface area contributed by atoms with Gasteiger partial charge in [0.1, 0.15) is 5.82 Å². The lowest BCUT2D eigenvalue weighted by Gasteiger charge is -2.11. The number of rotatable bonds is 3. The van der Waals surface area contributed by atoms with Gasteiger partial charge in [0, 0.05) is 32.8 Å². The van der Waals surface area contributed by atoms with E-state index in [1.54, 1.807) is 0 Å². The molecule has 7 aromatic carbocycles. The van der Waals surface area contributed by atoms with Crippen molar-refractivity contribution < 1.29 is 0 Å². The summed E-state index contributed by atoms with van der Waals surface area (Å²) in [5, 5.41) is 7.65. The zero-order chi connectivity index (χ0) is 28.8. The highest BCUT2D eigenvalue weighted by Gasteiger charge is 2.18. The normalized spacial score (nSPS) is 12.1. The van der Waals surface area contributed by atoms with Crippen LogP contribution in [0.1, 0.15) is 0 Å². The topological polar surface area (TPSA) is 22.2 Å². The van der Waals surface area contributed by atoms with E-state index < -0.39 is 0 Å². The fourth-order valence-corrected chi connectivity index (χ4v) is 7.23. The van der Waals surface area contributed by atoms with Gasteiger partial charge in [-0.1, -0.05) is 97.1 Å². The van der Waals surface area contributed by atoms with Crippen LogP contribution in [-0.4, -0.2) is 14.0 Å². The molecule has 0 atom stereocenters. The number of hydrogen-bond donors (Lipinski definition) is 0. The summed E-state index contributed by atoms with van der Waals surface area (Å²) in [4.78, 5) is 5.07. The molecule has 10 aromatic rings. The molecule has 0 saturated heterocycles. The Hall–Kier alpha value is -5.93. The van der Waals surface area contributed by atoms with Gasteiger partial charge in [0.15, 0.2) is 0 Å². The predicted molar refractivity (Wildman–Crippen MR) is 184 cm³/mol. The number of benzene rings is 7. The van der Waals surface area contributed by atoms with E-state index in [1.165, 1.54) is 60.0 Å². The lowest BCUT2D eigenvalue weighted by atomic mass is 9.98. The first kappa shape index (κ1) is 23.6. The summed E-state index contributed by atoms with van der Waals surface area (Å²) in [6, 6.07) is 54.7. The summed E-state index contributed by atoms with van der Waals surface area (Å²) in [6.45, 7) is 0. The maximum Gasteiger partial charge on any atom is 0.145 e. The van der Waals surface area contributed by atoms with Crippen LogP contribution in [0.25, 0.3) is 88.1 Å². The van der Waals surface area contributed by atoms with Gasteiger partial charge in [0.25, 0.3) is 0 Å². The number of imidazole rings is 1. The van der Waals surface area contributed by atoms with E-state index in [0.717, 1.165) is 28.1 Å². The van der Waals surface area contributed by atoms with E-state index in [4.69, 9.17) is 4.98 Å². The van der Waals surface area contributed by atoms with Gasteiger partial charge in [-0.2, -0.15) is 0 Å². The smallest absolute Gasteiger partial charge is 0.145 e. The lowest BCUT2D eigenvalue weighted by molar-refractivity contribution is 1.10. The largest absolute Gasteiger partial charge is 0.308 e.